The Morgan fingerprint density at radius 2 is 1.43 bits per heavy atom. The molecule has 0 bridgehead atoms. The Kier molecular flexibility index (Phi) is 13.8. The van der Waals surface area contributed by atoms with Crippen molar-refractivity contribution in [2.75, 3.05) is 33.9 Å². The number of carbonyl (C=O) groups is 4. The molecule has 7 aliphatic rings. The Labute approximate surface area is 436 Å². The molecule has 3 aromatic carbocycles. The first-order chi connectivity index (χ1) is 36.3. The van der Waals surface area contributed by atoms with Crippen LogP contribution in [0.4, 0.5) is 14.0 Å². The van der Waals surface area contributed by atoms with Gasteiger partial charge in [0.2, 0.25) is 18.0 Å². The summed E-state index contributed by atoms with van der Waals surface area (Å²) in [6.45, 7) is 9.56. The molecule has 1 aromatic heterocycles. The van der Waals surface area contributed by atoms with E-state index in [1.54, 1.807) is 12.3 Å². The van der Waals surface area contributed by atoms with Crippen LogP contribution in [0.25, 0.3) is 33.3 Å². The number of alkyl carbamates (subject to hydrolysis) is 2. The maximum Gasteiger partial charge on any atom is 0.407 e. The number of aromatic nitrogens is 1. The van der Waals surface area contributed by atoms with Gasteiger partial charge in [-0.1, -0.05) is 19.9 Å². The van der Waals surface area contributed by atoms with E-state index in [1.807, 2.05) is 68.0 Å². The number of methoxy groups -OCH3 is 2. The van der Waals surface area contributed by atoms with E-state index in [1.165, 1.54) is 14.2 Å². The molecule has 8 heterocycles. The van der Waals surface area contributed by atoms with Crippen LogP contribution >= 0.6 is 0 Å². The summed E-state index contributed by atoms with van der Waals surface area (Å²) in [5.41, 5.74) is 9.12. The number of aliphatic imine (C=N–C) groups is 2. The van der Waals surface area contributed by atoms with Gasteiger partial charge in [0.25, 0.3) is 0 Å². The average Bonchev–Trinajstić information content (AvgIpc) is 4.31. The van der Waals surface area contributed by atoms with E-state index in [0.717, 1.165) is 94.4 Å². The number of rotatable bonds is 11. The third kappa shape index (κ3) is 9.57. The lowest BCUT2D eigenvalue weighted by molar-refractivity contribution is -0.137. The minimum Gasteiger partial charge on any atom is -0.493 e. The minimum absolute atomic E-state index is 0.0413. The van der Waals surface area contributed by atoms with Crippen LogP contribution in [0.2, 0.25) is 0 Å². The van der Waals surface area contributed by atoms with Crippen LogP contribution in [0.5, 0.6) is 11.5 Å². The minimum atomic E-state index is -0.750. The van der Waals surface area contributed by atoms with Crippen LogP contribution in [0.3, 0.4) is 0 Å². The zero-order chi connectivity index (χ0) is 52.2. The number of aryl methyl sites for hydroxylation is 1. The number of likely N-dealkylation sites (tertiary alicyclic amines) is 2. The number of amides is 4. The Morgan fingerprint density at radius 1 is 0.760 bits per heavy atom. The van der Waals surface area contributed by atoms with Crippen molar-refractivity contribution in [1.82, 2.24) is 25.0 Å². The van der Waals surface area contributed by atoms with E-state index < -0.39 is 36.3 Å². The molecule has 0 spiro atoms. The summed E-state index contributed by atoms with van der Waals surface area (Å²) in [6, 6.07) is 16.0. The van der Waals surface area contributed by atoms with E-state index in [-0.39, 0.29) is 47.9 Å². The van der Waals surface area contributed by atoms with Gasteiger partial charge in [-0.2, -0.15) is 0 Å². The van der Waals surface area contributed by atoms with Gasteiger partial charge in [0.1, 0.15) is 29.4 Å². The third-order valence-electron chi connectivity index (χ3n) is 16.3. The molecule has 3 unspecified atom stereocenters. The number of carbonyl (C=O) groups excluding carboxylic acids is 4. The van der Waals surface area contributed by atoms with E-state index in [2.05, 4.69) is 39.5 Å². The first kappa shape index (κ1) is 50.2. The largest absolute Gasteiger partial charge is 0.493 e. The summed E-state index contributed by atoms with van der Waals surface area (Å²) in [5, 5.41) is 6.51. The van der Waals surface area contributed by atoms with Crippen molar-refractivity contribution in [3.05, 3.63) is 95.1 Å². The van der Waals surface area contributed by atoms with Crippen molar-refractivity contribution in [1.29, 1.82) is 0 Å². The Bertz CT molecular complexity index is 3080. The number of fused-ring (bicyclic) bond motifs is 6. The van der Waals surface area contributed by atoms with Crippen LogP contribution in [0, 0.1) is 17.7 Å². The molecule has 11 rings (SSSR count). The Balaban J connectivity index is 0.863. The van der Waals surface area contributed by atoms with Gasteiger partial charge in [-0.3, -0.25) is 19.6 Å². The van der Waals surface area contributed by atoms with Gasteiger partial charge in [0.15, 0.2) is 0 Å². The third-order valence-corrected chi connectivity index (χ3v) is 16.3. The van der Waals surface area contributed by atoms with Crippen molar-refractivity contribution in [3.8, 4) is 22.8 Å². The zero-order valence-electron chi connectivity index (χ0n) is 43.5. The van der Waals surface area contributed by atoms with E-state index in [9.17, 15) is 19.2 Å². The topological polar surface area (TPSA) is 175 Å². The molecule has 4 aromatic rings. The van der Waals surface area contributed by atoms with Crippen LogP contribution in [0.1, 0.15) is 114 Å². The summed E-state index contributed by atoms with van der Waals surface area (Å²) in [7, 11) is 2.59. The molecule has 7 aliphatic heterocycles. The summed E-state index contributed by atoms with van der Waals surface area (Å²) >= 11 is 0. The molecule has 2 N–H and O–H groups in total. The van der Waals surface area contributed by atoms with Crippen molar-refractivity contribution >= 4 is 57.5 Å². The SMILES string of the molecule is COC(=O)NC(C(=O)N1CCC[C@H]1C1=NC=C(c2ccc3c(c2)cc2n3C(c3ccc4c(c3)CCCO4)Oc3cc(C4=CN=C([C@@H]5CCCN5C(=O)[C@@H](NC(=O)OC)C(C)C)C4)cc(F)c3-2)C1)C1C[C@@H](C)O[C@@H](C)C1. The second-order valence-corrected chi connectivity index (χ2v) is 21.5. The lowest BCUT2D eigenvalue weighted by atomic mass is 9.85. The zero-order valence-corrected chi connectivity index (χ0v) is 43.5. The predicted molar refractivity (Wildman–Crippen MR) is 282 cm³/mol. The van der Waals surface area contributed by atoms with Gasteiger partial charge in [-0.05, 0) is 153 Å². The number of halogens is 1. The highest BCUT2D eigenvalue weighted by Gasteiger charge is 2.43. The first-order valence-corrected chi connectivity index (χ1v) is 26.6. The number of allylic oxidation sites excluding steroid dienone is 2. The number of benzene rings is 3. The lowest BCUT2D eigenvalue weighted by Crippen LogP contribution is -2.56. The Morgan fingerprint density at radius 3 is 2.11 bits per heavy atom. The second kappa shape index (κ2) is 20.6. The average molecular weight is 1020 g/mol. The van der Waals surface area contributed by atoms with E-state index in [4.69, 9.17) is 33.7 Å². The fraction of sp³-hybridized carbons (Fsp3) is 0.483. The lowest BCUT2D eigenvalue weighted by Gasteiger charge is -2.38. The van der Waals surface area contributed by atoms with Crippen LogP contribution in [-0.4, -0.2) is 120 Å². The van der Waals surface area contributed by atoms with Crippen LogP contribution in [0.15, 0.2) is 77.0 Å². The summed E-state index contributed by atoms with van der Waals surface area (Å²) in [6.07, 6.45) is 8.86. The molecule has 75 heavy (non-hydrogen) atoms. The second-order valence-electron chi connectivity index (χ2n) is 21.5. The molecule has 0 aliphatic carbocycles. The molecular formula is C58H66FN7O9. The van der Waals surface area contributed by atoms with E-state index in [0.29, 0.717) is 68.0 Å². The number of ether oxygens (including phenoxy) is 5. The smallest absolute Gasteiger partial charge is 0.407 e. The highest BCUT2D eigenvalue weighted by Crippen LogP contribution is 2.48. The van der Waals surface area contributed by atoms with Gasteiger partial charge < -0.3 is 48.7 Å². The summed E-state index contributed by atoms with van der Waals surface area (Å²) in [5.74, 6) is 0.283. The highest BCUT2D eigenvalue weighted by molar-refractivity contribution is 6.06. The number of nitrogens with zero attached hydrogens (tertiary/aromatic N) is 5. The molecule has 4 amide bonds. The van der Waals surface area contributed by atoms with Crippen molar-refractivity contribution in [2.45, 2.75) is 135 Å². The molecule has 16 nitrogen and oxygen atoms in total. The molecule has 0 saturated carbocycles. The standard InChI is InChI=1S/C58H66FN7O9/c1-31(2)52(62-57(69)71-5)54(67)64-17-7-11-46(64)44-26-41(30-61-44)37-24-42(59)51-48-27-38-22-34(13-15-45(38)66(48)56(75-50(51)28-37)36-14-16-49-35(23-36)10-9-19-73-49)40-25-43(60-29-40)47-12-8-18-65(47)55(68)53(63-58(70)72-6)39-20-32(3)74-33(4)21-39/h13-16,22-24,27-33,39,46-47,52-53,56H,7-12,17-21,25-26H2,1-6H3,(H,62,69)(H,63,70)/t32-,33+,39?,46-,47-,52-,53?,56?/m0/s1. The Hall–Kier alpha value is -7.01. The number of hydrogen-bond acceptors (Lipinski definition) is 11. The van der Waals surface area contributed by atoms with E-state index >= 15 is 4.39 Å². The van der Waals surface area contributed by atoms with Crippen LogP contribution < -0.4 is 20.1 Å². The maximum atomic E-state index is 17.1. The molecule has 8 atom stereocenters. The monoisotopic (exact) mass is 1020 g/mol. The van der Waals surface area contributed by atoms with Crippen LogP contribution in [-0.2, 0) is 30.2 Å². The predicted octanol–water partition coefficient (Wildman–Crippen LogP) is 9.37. The van der Waals surface area contributed by atoms with Gasteiger partial charge >= 0.3 is 12.2 Å². The molecule has 0 radical (unpaired) electrons. The fourth-order valence-corrected chi connectivity index (χ4v) is 12.7. The normalized spacial score (nSPS) is 24.7. The number of hydrogen-bond donors (Lipinski definition) is 2. The fourth-order valence-electron chi connectivity index (χ4n) is 12.7. The molecule has 17 heteroatoms. The van der Waals surface area contributed by atoms with Crippen molar-refractivity contribution in [3.63, 3.8) is 0 Å². The van der Waals surface area contributed by atoms with Gasteiger partial charge in [-0.15, -0.1) is 0 Å². The van der Waals surface area contributed by atoms with Crippen molar-refractivity contribution < 1.29 is 47.3 Å². The molecule has 3 fully saturated rings. The number of nitrogens with one attached hydrogen (secondary N) is 2. The highest BCUT2D eigenvalue weighted by atomic mass is 19.1. The summed E-state index contributed by atoms with van der Waals surface area (Å²) < 4.78 is 48.0. The quantitative estimate of drug-likeness (QED) is 0.148. The summed E-state index contributed by atoms with van der Waals surface area (Å²) in [4.78, 5) is 66.7. The molecular weight excluding hydrogens is 958 g/mol. The molecule has 3 saturated heterocycles. The van der Waals surface area contributed by atoms with Gasteiger partial charge in [0, 0.05) is 60.7 Å². The van der Waals surface area contributed by atoms with Gasteiger partial charge in [-0.25, -0.2) is 14.0 Å². The molecule has 394 valence electrons. The van der Waals surface area contributed by atoms with Crippen molar-refractivity contribution in [2.24, 2.45) is 21.8 Å². The van der Waals surface area contributed by atoms with Gasteiger partial charge in [0.05, 0.1) is 61.9 Å². The first-order valence-electron chi connectivity index (χ1n) is 26.6. The maximum absolute atomic E-state index is 17.1.